The molecule has 1 aliphatic carbocycles. The zero-order valence-corrected chi connectivity index (χ0v) is 18.3. The first-order valence-corrected chi connectivity index (χ1v) is 9.96. The molecule has 9 nitrogen and oxygen atoms in total. The average molecular weight is 465 g/mol. The molecule has 0 unspecified atom stereocenters. The molecule has 2 amide bonds. The largest absolute Gasteiger partial charge is 0.493 e. The molecule has 0 atom stereocenters. The van der Waals surface area contributed by atoms with E-state index in [2.05, 4.69) is 25.8 Å². The third-order valence-electron chi connectivity index (χ3n) is 4.91. The number of ether oxygens (including phenoxy) is 1. The summed E-state index contributed by atoms with van der Waals surface area (Å²) < 4.78 is 49.7. The molecule has 3 rings (SSSR count). The summed E-state index contributed by atoms with van der Waals surface area (Å²) in [6, 6.07) is 0.245. The molecule has 2 heterocycles. The van der Waals surface area contributed by atoms with Crippen LogP contribution >= 0.6 is 0 Å². The molecule has 0 saturated carbocycles. The number of nitrogens with zero attached hydrogens (tertiary/aromatic N) is 3. The van der Waals surface area contributed by atoms with Crippen LogP contribution in [0.15, 0.2) is 34.7 Å². The molecule has 33 heavy (non-hydrogen) atoms. The number of amides is 2. The number of ketones is 1. The number of aromatic nitrogens is 3. The summed E-state index contributed by atoms with van der Waals surface area (Å²) in [6.45, 7) is 5.68. The summed E-state index contributed by atoms with van der Waals surface area (Å²) in [7, 11) is 0. The van der Waals surface area contributed by atoms with Crippen molar-refractivity contribution in [3.63, 3.8) is 0 Å². The summed E-state index contributed by atoms with van der Waals surface area (Å²) in [5, 5.41) is 8.30. The highest BCUT2D eigenvalue weighted by Crippen LogP contribution is 2.41. The molecule has 0 radical (unpaired) electrons. The molecular weight excluding hydrogens is 443 g/mol. The maximum Gasteiger partial charge on any atom is 0.401 e. The van der Waals surface area contributed by atoms with Gasteiger partial charge >= 0.3 is 12.2 Å². The van der Waals surface area contributed by atoms with Crippen LogP contribution in [0.3, 0.4) is 0 Å². The van der Waals surface area contributed by atoms with Gasteiger partial charge < -0.3 is 14.6 Å². The molecule has 0 spiro atoms. The first-order valence-electron chi connectivity index (χ1n) is 9.96. The molecule has 1 aliphatic rings. The van der Waals surface area contributed by atoms with Crippen LogP contribution in [0.25, 0.3) is 5.57 Å². The van der Waals surface area contributed by atoms with Gasteiger partial charge in [-0.25, -0.2) is 14.8 Å². The molecule has 2 N–H and O–H groups in total. The maximum atomic E-state index is 13.1. The number of hydrogen-bond acceptors (Lipinski definition) is 7. The van der Waals surface area contributed by atoms with Gasteiger partial charge in [-0.05, 0) is 27.7 Å². The Morgan fingerprint density at radius 2 is 2.00 bits per heavy atom. The van der Waals surface area contributed by atoms with Crippen molar-refractivity contribution in [1.82, 2.24) is 15.1 Å². The summed E-state index contributed by atoms with van der Waals surface area (Å²) in [6.07, 6.45) is 0.0804. The number of hydrogen-bond donors (Lipinski definition) is 2. The van der Waals surface area contributed by atoms with E-state index in [1.807, 2.05) is 0 Å². The fourth-order valence-corrected chi connectivity index (χ4v) is 2.82. The van der Waals surface area contributed by atoms with Crippen LogP contribution < -0.4 is 10.6 Å². The van der Waals surface area contributed by atoms with Crippen molar-refractivity contribution < 1.29 is 32.0 Å². The van der Waals surface area contributed by atoms with Crippen LogP contribution in [0.1, 0.15) is 44.5 Å². The lowest BCUT2D eigenvalue weighted by Gasteiger charge is -2.24. The van der Waals surface area contributed by atoms with Crippen molar-refractivity contribution in [3.8, 4) is 0 Å². The Labute approximate surface area is 187 Å². The van der Waals surface area contributed by atoms with E-state index in [0.717, 1.165) is 19.9 Å². The number of allylic oxidation sites excluding steroid dienone is 3. The first-order chi connectivity index (χ1) is 15.4. The number of rotatable bonds is 6. The Bertz CT molecular complexity index is 1140. The standard InChI is InChI=1S/C21H22F3N5O4/c1-5-32-15-8-12(30)6-7-13(15)18-25-10-14(11(2)26-18)27-19(31)28-17-9-16(33-29-17)20(3,4)21(22,23)24/h7-10H,5-6H2,1-4H3,(H2,27,28,29,31). The number of nitrogens with one attached hydrogen (secondary N) is 2. The van der Waals surface area contributed by atoms with Crippen molar-refractivity contribution in [2.24, 2.45) is 0 Å². The lowest BCUT2D eigenvalue weighted by molar-refractivity contribution is -0.185. The van der Waals surface area contributed by atoms with Crippen molar-refractivity contribution >= 4 is 28.9 Å². The van der Waals surface area contributed by atoms with Crippen molar-refractivity contribution in [3.05, 3.63) is 47.5 Å². The summed E-state index contributed by atoms with van der Waals surface area (Å²) in [5.74, 6) is -0.0231. The highest BCUT2D eigenvalue weighted by molar-refractivity contribution is 6.00. The van der Waals surface area contributed by atoms with Gasteiger partial charge in [0.15, 0.2) is 23.2 Å². The number of carbonyl (C=O) groups excluding carboxylic acids is 2. The molecule has 12 heteroatoms. The first kappa shape index (κ1) is 24.0. The monoisotopic (exact) mass is 465 g/mol. The van der Waals surface area contributed by atoms with Crippen LogP contribution in [-0.2, 0) is 14.9 Å². The number of halogens is 3. The molecule has 0 fully saturated rings. The van der Waals surface area contributed by atoms with Gasteiger partial charge in [-0.3, -0.25) is 10.1 Å². The van der Waals surface area contributed by atoms with Crippen LogP contribution in [0.2, 0.25) is 0 Å². The third kappa shape index (κ3) is 5.21. The third-order valence-corrected chi connectivity index (χ3v) is 4.91. The molecule has 2 aromatic heterocycles. The zero-order valence-electron chi connectivity index (χ0n) is 18.3. The van der Waals surface area contributed by atoms with Gasteiger partial charge in [0.25, 0.3) is 0 Å². The fourth-order valence-electron chi connectivity index (χ4n) is 2.82. The Morgan fingerprint density at radius 3 is 2.64 bits per heavy atom. The number of urea groups is 1. The van der Waals surface area contributed by atoms with E-state index >= 15 is 0 Å². The van der Waals surface area contributed by atoms with E-state index in [0.29, 0.717) is 29.5 Å². The summed E-state index contributed by atoms with van der Waals surface area (Å²) in [4.78, 5) is 32.5. The van der Waals surface area contributed by atoms with E-state index in [1.54, 1.807) is 19.9 Å². The number of aryl methyl sites for hydroxylation is 1. The number of alkyl halides is 3. The minimum atomic E-state index is -4.56. The fraction of sp³-hybridized carbons (Fsp3) is 0.381. The second kappa shape index (κ2) is 9.04. The molecular formula is C21H22F3N5O4. The molecule has 0 bridgehead atoms. The van der Waals surface area contributed by atoms with Gasteiger partial charge in [0.1, 0.15) is 11.2 Å². The summed E-state index contributed by atoms with van der Waals surface area (Å²) in [5.41, 5.74) is -1.02. The second-order valence-electron chi connectivity index (χ2n) is 7.70. The molecule has 2 aromatic rings. The van der Waals surface area contributed by atoms with E-state index in [-0.39, 0.29) is 23.7 Å². The van der Waals surface area contributed by atoms with E-state index in [1.165, 1.54) is 12.3 Å². The lowest BCUT2D eigenvalue weighted by Crippen LogP contribution is -2.35. The number of anilines is 2. The lowest BCUT2D eigenvalue weighted by atomic mass is 9.89. The highest BCUT2D eigenvalue weighted by Gasteiger charge is 2.51. The van der Waals surface area contributed by atoms with Crippen LogP contribution in [0.5, 0.6) is 0 Å². The zero-order chi connectivity index (χ0) is 24.4. The Kier molecular flexibility index (Phi) is 6.56. The maximum absolute atomic E-state index is 13.1. The van der Waals surface area contributed by atoms with Gasteiger partial charge in [0.05, 0.1) is 29.8 Å². The van der Waals surface area contributed by atoms with Crippen molar-refractivity contribution in [2.75, 3.05) is 17.2 Å². The Morgan fingerprint density at radius 1 is 1.27 bits per heavy atom. The molecule has 0 saturated heterocycles. The summed E-state index contributed by atoms with van der Waals surface area (Å²) >= 11 is 0. The molecule has 176 valence electrons. The van der Waals surface area contributed by atoms with Crippen LogP contribution in [-0.4, -0.2) is 39.7 Å². The highest BCUT2D eigenvalue weighted by atomic mass is 19.4. The second-order valence-corrected chi connectivity index (χ2v) is 7.70. The minimum absolute atomic E-state index is 0.0940. The Balaban J connectivity index is 1.71. The van der Waals surface area contributed by atoms with Crippen LogP contribution in [0.4, 0.5) is 29.5 Å². The van der Waals surface area contributed by atoms with Gasteiger partial charge in [0.2, 0.25) is 0 Å². The van der Waals surface area contributed by atoms with Gasteiger partial charge in [-0.15, -0.1) is 0 Å². The SMILES string of the molecule is CCOC1=CC(=O)CC=C1c1ncc(NC(=O)Nc2cc(C(C)(C)C(F)(F)F)on2)c(C)n1. The number of carbonyl (C=O) groups is 2. The molecule has 0 aromatic carbocycles. The van der Waals surface area contributed by atoms with Crippen molar-refractivity contribution in [2.45, 2.75) is 45.7 Å². The average Bonchev–Trinajstić information content (AvgIpc) is 3.18. The predicted octanol–water partition coefficient (Wildman–Crippen LogP) is 4.53. The van der Waals surface area contributed by atoms with Crippen molar-refractivity contribution in [1.29, 1.82) is 0 Å². The minimum Gasteiger partial charge on any atom is -0.493 e. The predicted molar refractivity (Wildman–Crippen MR) is 112 cm³/mol. The topological polar surface area (TPSA) is 119 Å². The smallest absolute Gasteiger partial charge is 0.401 e. The van der Waals surface area contributed by atoms with E-state index in [9.17, 15) is 22.8 Å². The normalized spacial score (nSPS) is 14.5. The quantitative estimate of drug-likeness (QED) is 0.643. The Hall–Kier alpha value is -3.70. The van der Waals surface area contributed by atoms with Gasteiger partial charge in [0, 0.05) is 18.6 Å². The van der Waals surface area contributed by atoms with E-state index in [4.69, 9.17) is 9.26 Å². The van der Waals surface area contributed by atoms with Gasteiger partial charge in [-0.2, -0.15) is 13.2 Å². The molecule has 0 aliphatic heterocycles. The van der Waals surface area contributed by atoms with Crippen LogP contribution in [0, 0.1) is 6.92 Å². The van der Waals surface area contributed by atoms with E-state index < -0.39 is 23.4 Å². The van der Waals surface area contributed by atoms with Gasteiger partial charge in [-0.1, -0.05) is 11.2 Å².